The third-order valence-electron chi connectivity index (χ3n) is 11.7. The normalized spacial score (nSPS) is 11.7. The highest BCUT2D eigenvalue weighted by Gasteiger charge is 2.24. The van der Waals surface area contributed by atoms with Gasteiger partial charge in [0.15, 0.2) is 11.6 Å². The number of hydrogen-bond acceptors (Lipinski definition) is 4. The second-order valence-corrected chi connectivity index (χ2v) is 15.2. The number of rotatable bonds is 6. The first-order valence-corrected chi connectivity index (χ1v) is 20.3. The van der Waals surface area contributed by atoms with E-state index in [1.807, 2.05) is 108 Å². The van der Waals surface area contributed by atoms with E-state index < -0.39 is 0 Å². The summed E-state index contributed by atoms with van der Waals surface area (Å²) in [6.45, 7) is 0. The molecule has 0 fully saturated rings. The summed E-state index contributed by atoms with van der Waals surface area (Å²) in [5, 5.41) is 4.69. The fourth-order valence-electron chi connectivity index (χ4n) is 9.05. The molecule has 12 aromatic rings. The molecule has 0 radical (unpaired) electrons. The van der Waals surface area contributed by atoms with Crippen LogP contribution < -0.4 is 5.56 Å². The topological polar surface area (TPSA) is 70.5 Å². The van der Waals surface area contributed by atoms with Gasteiger partial charge in [-0.2, -0.15) is 9.97 Å². The van der Waals surface area contributed by atoms with E-state index in [-0.39, 0.29) is 5.56 Å². The van der Waals surface area contributed by atoms with Crippen LogP contribution in [-0.2, 0) is 0 Å². The highest BCUT2D eigenvalue weighted by Crippen LogP contribution is 2.40. The van der Waals surface area contributed by atoms with Gasteiger partial charge in [0.25, 0.3) is 5.56 Å². The van der Waals surface area contributed by atoms with Gasteiger partial charge < -0.3 is 4.57 Å². The van der Waals surface area contributed by atoms with Gasteiger partial charge in [-0.15, -0.1) is 0 Å². The monoisotopic (exact) mass is 782 g/mol. The molecule has 8 aromatic carbocycles. The summed E-state index contributed by atoms with van der Waals surface area (Å²) in [6, 6.07) is 70.0. The van der Waals surface area contributed by atoms with E-state index in [0.29, 0.717) is 23.0 Å². The number of para-hydroxylation sites is 3. The number of hydrogen-bond donors (Lipinski definition) is 0. The van der Waals surface area contributed by atoms with Crippen LogP contribution >= 0.6 is 0 Å². The number of nitrogens with zero attached hydrogens (tertiary/aromatic N) is 6. The number of benzene rings is 8. The Balaban J connectivity index is 1.10. The lowest BCUT2D eigenvalue weighted by Crippen LogP contribution is -2.19. The highest BCUT2D eigenvalue weighted by atomic mass is 16.1. The summed E-state index contributed by atoms with van der Waals surface area (Å²) in [6.07, 6.45) is 0. The van der Waals surface area contributed by atoms with Crippen LogP contribution in [0.25, 0.3) is 106 Å². The predicted molar refractivity (Wildman–Crippen MR) is 248 cm³/mol. The molecule has 4 heterocycles. The Hall–Kier alpha value is -8.42. The Labute approximate surface area is 349 Å². The summed E-state index contributed by atoms with van der Waals surface area (Å²) in [5.41, 5.74) is 10.5. The first-order valence-electron chi connectivity index (χ1n) is 20.3. The molecule has 0 spiro atoms. The molecule has 4 aromatic heterocycles. The molecule has 7 nitrogen and oxygen atoms in total. The Bertz CT molecular complexity index is 3640. The zero-order valence-electron chi connectivity index (χ0n) is 32.7. The molecule has 286 valence electrons. The van der Waals surface area contributed by atoms with Crippen LogP contribution in [0.1, 0.15) is 0 Å². The van der Waals surface area contributed by atoms with Crippen molar-refractivity contribution in [3.05, 3.63) is 217 Å². The van der Waals surface area contributed by atoms with E-state index >= 15 is 0 Å². The Kier molecular flexibility index (Phi) is 7.86. The molecule has 0 aliphatic heterocycles. The largest absolute Gasteiger partial charge is 0.309 e. The van der Waals surface area contributed by atoms with Crippen molar-refractivity contribution in [2.24, 2.45) is 0 Å². The van der Waals surface area contributed by atoms with Crippen LogP contribution in [0.5, 0.6) is 0 Å². The van der Waals surface area contributed by atoms with Crippen LogP contribution in [0.3, 0.4) is 0 Å². The number of aromatic nitrogens is 6. The quantitative estimate of drug-likeness (QED) is 0.168. The molecule has 0 aliphatic carbocycles. The van der Waals surface area contributed by atoms with Crippen LogP contribution in [0.2, 0.25) is 0 Å². The van der Waals surface area contributed by atoms with Gasteiger partial charge in [0.1, 0.15) is 0 Å². The Morgan fingerprint density at radius 1 is 0.328 bits per heavy atom. The first kappa shape index (κ1) is 34.6. The zero-order valence-corrected chi connectivity index (χ0v) is 32.7. The van der Waals surface area contributed by atoms with E-state index in [1.54, 1.807) is 0 Å². The van der Waals surface area contributed by atoms with Crippen molar-refractivity contribution in [2.45, 2.75) is 0 Å². The molecule has 7 heteroatoms. The lowest BCUT2D eigenvalue weighted by molar-refractivity contribution is 0.952. The summed E-state index contributed by atoms with van der Waals surface area (Å²) in [4.78, 5) is 30.2. The minimum Gasteiger partial charge on any atom is -0.309 e. The molecule has 0 atom stereocenters. The smallest absolute Gasteiger partial charge is 0.263 e. The SMILES string of the molecule is O=c1c2ccccc2c2c(c3ccccc3n2-c2nc(-c3ccccc3)nc(-c3ccccc3)n2)n1-c1ccc(-c2cccc3c2c2ccccc2n3-c2ccccc2)cc1. The van der Waals surface area contributed by atoms with Crippen LogP contribution in [0, 0.1) is 0 Å². The van der Waals surface area contributed by atoms with Gasteiger partial charge in [-0.1, -0.05) is 158 Å². The van der Waals surface area contributed by atoms with Gasteiger partial charge in [-0.25, -0.2) is 4.98 Å². The van der Waals surface area contributed by atoms with E-state index in [0.717, 1.165) is 72.0 Å². The first-order chi connectivity index (χ1) is 30.2. The maximum atomic E-state index is 14.9. The zero-order chi connectivity index (χ0) is 40.4. The van der Waals surface area contributed by atoms with Gasteiger partial charge in [0.2, 0.25) is 5.95 Å². The molecule has 0 saturated carbocycles. The minimum atomic E-state index is -0.0996. The lowest BCUT2D eigenvalue weighted by atomic mass is 9.99. The predicted octanol–water partition coefficient (Wildman–Crippen LogP) is 12.4. The molecular weight excluding hydrogens is 749 g/mol. The van der Waals surface area contributed by atoms with Gasteiger partial charge in [-0.05, 0) is 59.7 Å². The molecule has 0 N–H and O–H groups in total. The van der Waals surface area contributed by atoms with Crippen LogP contribution in [0.15, 0.2) is 211 Å². The van der Waals surface area contributed by atoms with Crippen molar-refractivity contribution in [1.29, 1.82) is 0 Å². The molecule has 61 heavy (non-hydrogen) atoms. The minimum absolute atomic E-state index is 0.0996. The fourth-order valence-corrected chi connectivity index (χ4v) is 9.05. The number of pyridine rings is 1. The molecular formula is C54H34N6O. The van der Waals surface area contributed by atoms with Crippen molar-refractivity contribution < 1.29 is 0 Å². The van der Waals surface area contributed by atoms with Crippen molar-refractivity contribution in [3.63, 3.8) is 0 Å². The maximum absolute atomic E-state index is 14.9. The maximum Gasteiger partial charge on any atom is 0.263 e. The van der Waals surface area contributed by atoms with E-state index in [1.165, 1.54) is 10.8 Å². The van der Waals surface area contributed by atoms with Gasteiger partial charge >= 0.3 is 0 Å². The number of fused-ring (bicyclic) bond motifs is 8. The molecule has 0 unspecified atom stereocenters. The summed E-state index contributed by atoms with van der Waals surface area (Å²) < 4.78 is 6.29. The van der Waals surface area contributed by atoms with Gasteiger partial charge in [0, 0.05) is 49.4 Å². The van der Waals surface area contributed by atoms with Crippen molar-refractivity contribution in [1.82, 2.24) is 28.7 Å². The molecule has 0 aliphatic rings. The molecule has 0 bridgehead atoms. The lowest BCUT2D eigenvalue weighted by Gasteiger charge is -2.14. The highest BCUT2D eigenvalue weighted by molar-refractivity contribution is 6.18. The standard InChI is InChI=1S/C54H34N6O/c61-53-42-24-11-10-23-41(42)49-50(44-26-13-15-29-46(44)60(49)54-56-51(36-17-4-1-5-18-36)55-52(57-54)37-19-6-2-7-20-37)59(53)39-33-31-35(32-34-39)40-27-16-30-47-48(40)43-25-12-14-28-45(43)58(47)38-21-8-3-9-22-38/h1-34H. The molecule has 0 amide bonds. The fraction of sp³-hybridized carbons (Fsp3) is 0. The van der Waals surface area contributed by atoms with E-state index in [9.17, 15) is 4.79 Å². The van der Waals surface area contributed by atoms with Gasteiger partial charge in [0.05, 0.1) is 27.6 Å². The van der Waals surface area contributed by atoms with Crippen LogP contribution in [-0.4, -0.2) is 28.7 Å². The molecule has 0 saturated heterocycles. The van der Waals surface area contributed by atoms with E-state index in [4.69, 9.17) is 15.0 Å². The van der Waals surface area contributed by atoms with Crippen molar-refractivity contribution >= 4 is 54.5 Å². The third kappa shape index (κ3) is 5.45. The second-order valence-electron chi connectivity index (χ2n) is 15.2. The Morgan fingerprint density at radius 3 is 1.48 bits per heavy atom. The summed E-state index contributed by atoms with van der Waals surface area (Å²) in [5.74, 6) is 1.59. The summed E-state index contributed by atoms with van der Waals surface area (Å²) in [7, 11) is 0. The van der Waals surface area contributed by atoms with E-state index in [2.05, 4.69) is 112 Å². The molecule has 12 rings (SSSR count). The van der Waals surface area contributed by atoms with Gasteiger partial charge in [-0.3, -0.25) is 13.9 Å². The van der Waals surface area contributed by atoms with Crippen molar-refractivity contribution in [3.8, 4) is 51.2 Å². The Morgan fingerprint density at radius 2 is 0.820 bits per heavy atom. The summed E-state index contributed by atoms with van der Waals surface area (Å²) >= 11 is 0. The average molecular weight is 783 g/mol. The second kappa shape index (κ2) is 13.9. The van der Waals surface area contributed by atoms with Crippen molar-refractivity contribution in [2.75, 3.05) is 0 Å². The van der Waals surface area contributed by atoms with Crippen LogP contribution in [0.4, 0.5) is 0 Å². The average Bonchev–Trinajstić information content (AvgIpc) is 3.86. The third-order valence-corrected chi connectivity index (χ3v) is 11.7.